The fraction of sp³-hybridized carbons (Fsp3) is 0.538. The third-order valence-corrected chi connectivity index (χ3v) is 3.68. The van der Waals surface area contributed by atoms with Gasteiger partial charge in [-0.3, -0.25) is 0 Å². The van der Waals surface area contributed by atoms with Crippen LogP contribution in [-0.4, -0.2) is 42.4 Å². The second kappa shape index (κ2) is 4.01. The van der Waals surface area contributed by atoms with Gasteiger partial charge in [-0.2, -0.15) is 0 Å². The first-order valence-electron chi connectivity index (χ1n) is 6.14. The average molecular weight is 250 g/mol. The zero-order valence-corrected chi connectivity index (χ0v) is 9.64. The van der Waals surface area contributed by atoms with Crippen molar-refractivity contribution in [1.29, 1.82) is 0 Å². The summed E-state index contributed by atoms with van der Waals surface area (Å²) in [6.07, 6.45) is -2.60. The van der Waals surface area contributed by atoms with Gasteiger partial charge in [-0.1, -0.05) is 30.3 Å². The smallest absolute Gasteiger partial charge is 0.187 e. The van der Waals surface area contributed by atoms with Gasteiger partial charge >= 0.3 is 0 Å². The van der Waals surface area contributed by atoms with Crippen molar-refractivity contribution in [3.05, 3.63) is 35.9 Å². The van der Waals surface area contributed by atoms with Crippen molar-refractivity contribution in [3.8, 4) is 0 Å². The molecule has 3 aliphatic heterocycles. The summed E-state index contributed by atoms with van der Waals surface area (Å²) in [7, 11) is 0. The molecular weight excluding hydrogens is 236 g/mol. The maximum Gasteiger partial charge on any atom is 0.187 e. The van der Waals surface area contributed by atoms with Crippen LogP contribution in [0, 0.1) is 0 Å². The van der Waals surface area contributed by atoms with E-state index in [1.807, 2.05) is 30.3 Å². The number of benzene rings is 1. The molecule has 0 radical (unpaired) electrons. The third-order valence-electron chi connectivity index (χ3n) is 3.68. The zero-order valence-electron chi connectivity index (χ0n) is 9.64. The van der Waals surface area contributed by atoms with E-state index in [-0.39, 0.29) is 18.3 Å². The largest absolute Gasteiger partial charge is 0.387 e. The van der Waals surface area contributed by atoms with Gasteiger partial charge in [-0.15, -0.1) is 0 Å². The van der Waals surface area contributed by atoms with E-state index in [1.165, 1.54) is 0 Å². The third kappa shape index (κ3) is 1.52. The molecule has 18 heavy (non-hydrogen) atoms. The lowest BCUT2D eigenvalue weighted by Crippen LogP contribution is -2.52. The summed E-state index contributed by atoms with van der Waals surface area (Å²) in [5.74, 6) is 0. The van der Waals surface area contributed by atoms with Crippen LogP contribution in [0.25, 0.3) is 0 Å². The molecule has 0 aromatic heterocycles. The molecule has 3 heterocycles. The van der Waals surface area contributed by atoms with Crippen molar-refractivity contribution in [2.45, 2.75) is 37.0 Å². The summed E-state index contributed by atoms with van der Waals surface area (Å²) in [4.78, 5) is 0. The summed E-state index contributed by atoms with van der Waals surface area (Å²) >= 11 is 0. The molecule has 1 N–H and O–H groups in total. The van der Waals surface area contributed by atoms with Crippen LogP contribution in [0.2, 0.25) is 0 Å². The first kappa shape index (κ1) is 10.9. The number of hydrogen-bond donors (Lipinski definition) is 1. The Morgan fingerprint density at radius 1 is 1.00 bits per heavy atom. The molecule has 6 atom stereocenters. The summed E-state index contributed by atoms with van der Waals surface area (Å²) < 4.78 is 22.6. The summed E-state index contributed by atoms with van der Waals surface area (Å²) in [6, 6.07) is 9.68. The van der Waals surface area contributed by atoms with Gasteiger partial charge in [0, 0.05) is 5.56 Å². The molecule has 0 spiro atoms. The molecule has 0 saturated carbocycles. The number of rotatable bonds is 1. The lowest BCUT2D eigenvalue weighted by molar-refractivity contribution is -0.194. The minimum Gasteiger partial charge on any atom is -0.387 e. The highest BCUT2D eigenvalue weighted by molar-refractivity contribution is 5.17. The number of hydrogen-bond acceptors (Lipinski definition) is 5. The Morgan fingerprint density at radius 3 is 2.61 bits per heavy atom. The maximum atomic E-state index is 10.1. The molecule has 1 aromatic rings. The molecular formula is C13H14O5. The van der Waals surface area contributed by atoms with Gasteiger partial charge in [-0.05, 0) is 0 Å². The highest BCUT2D eigenvalue weighted by Gasteiger charge is 2.56. The summed E-state index contributed by atoms with van der Waals surface area (Å²) in [6.45, 7) is 0.404. The van der Waals surface area contributed by atoms with Crippen LogP contribution >= 0.6 is 0 Å². The summed E-state index contributed by atoms with van der Waals surface area (Å²) in [5.41, 5.74) is 0.940. The van der Waals surface area contributed by atoms with Gasteiger partial charge in [0.2, 0.25) is 0 Å². The molecule has 2 bridgehead atoms. The SMILES string of the molecule is O[C@H]1[C@H]2O[C@@H](c3ccccc3)O[C@H]2[C@H]2OC[C@H]1O2. The van der Waals surface area contributed by atoms with Crippen molar-refractivity contribution < 1.29 is 24.1 Å². The van der Waals surface area contributed by atoms with Crippen LogP contribution in [-0.2, 0) is 18.9 Å². The molecule has 3 fully saturated rings. The minimum absolute atomic E-state index is 0.297. The highest BCUT2D eigenvalue weighted by Crippen LogP contribution is 2.41. The molecule has 4 rings (SSSR count). The van der Waals surface area contributed by atoms with Crippen LogP contribution in [0.3, 0.4) is 0 Å². The molecule has 3 aliphatic rings. The van der Waals surface area contributed by atoms with Crippen molar-refractivity contribution in [3.63, 3.8) is 0 Å². The molecule has 0 aliphatic carbocycles. The van der Waals surface area contributed by atoms with Crippen LogP contribution in [0.4, 0.5) is 0 Å². The Bertz CT molecular complexity index is 430. The number of aliphatic hydroxyl groups is 1. The van der Waals surface area contributed by atoms with E-state index in [0.717, 1.165) is 5.56 Å². The molecule has 96 valence electrons. The number of aliphatic hydroxyl groups excluding tert-OH is 1. The Balaban J connectivity index is 1.60. The number of fused-ring (bicyclic) bond motifs is 4. The van der Waals surface area contributed by atoms with Crippen LogP contribution in [0.15, 0.2) is 30.3 Å². The normalized spacial score (nSPS) is 46.1. The zero-order chi connectivity index (χ0) is 12.1. The predicted octanol–water partition coefficient (Wildman–Crippen LogP) is 0.585. The second-order valence-corrected chi connectivity index (χ2v) is 4.81. The van der Waals surface area contributed by atoms with E-state index < -0.39 is 18.7 Å². The molecule has 1 aromatic carbocycles. The van der Waals surface area contributed by atoms with Crippen molar-refractivity contribution >= 4 is 0 Å². The standard InChI is InChI=1S/C13H14O5/c14-9-8-6-15-13(16-8)11-10(9)17-12(18-11)7-4-2-1-3-5-7/h1-5,8-14H,6H2/t8-,9-,10-,11-,12-,13+/m1/s1. The Morgan fingerprint density at radius 2 is 1.78 bits per heavy atom. The van der Waals surface area contributed by atoms with Crippen LogP contribution in [0.1, 0.15) is 11.9 Å². The Kier molecular flexibility index (Phi) is 2.43. The van der Waals surface area contributed by atoms with Crippen molar-refractivity contribution in [1.82, 2.24) is 0 Å². The van der Waals surface area contributed by atoms with E-state index >= 15 is 0 Å². The quantitative estimate of drug-likeness (QED) is 0.790. The first-order valence-corrected chi connectivity index (χ1v) is 6.14. The van der Waals surface area contributed by atoms with Crippen molar-refractivity contribution in [2.24, 2.45) is 0 Å². The highest BCUT2D eigenvalue weighted by atomic mass is 16.8. The topological polar surface area (TPSA) is 57.2 Å². The van der Waals surface area contributed by atoms with Crippen LogP contribution < -0.4 is 0 Å². The van der Waals surface area contributed by atoms with Gasteiger partial charge in [-0.25, -0.2) is 0 Å². The van der Waals surface area contributed by atoms with E-state index in [9.17, 15) is 5.11 Å². The molecule has 3 saturated heterocycles. The molecule has 5 nitrogen and oxygen atoms in total. The average Bonchev–Trinajstić information content (AvgIpc) is 3.04. The predicted molar refractivity (Wildman–Crippen MR) is 59.5 cm³/mol. The van der Waals surface area contributed by atoms with Crippen LogP contribution in [0.5, 0.6) is 0 Å². The minimum atomic E-state index is -0.692. The van der Waals surface area contributed by atoms with E-state index in [1.54, 1.807) is 0 Å². The summed E-state index contributed by atoms with van der Waals surface area (Å²) in [5, 5.41) is 10.1. The Labute approximate surface area is 104 Å². The van der Waals surface area contributed by atoms with Gasteiger partial charge in [0.15, 0.2) is 12.6 Å². The maximum absolute atomic E-state index is 10.1. The lowest BCUT2D eigenvalue weighted by Gasteiger charge is -2.31. The molecule has 0 unspecified atom stereocenters. The first-order chi connectivity index (χ1) is 8.83. The van der Waals surface area contributed by atoms with E-state index in [2.05, 4.69) is 0 Å². The van der Waals surface area contributed by atoms with Crippen molar-refractivity contribution in [2.75, 3.05) is 6.61 Å². The van der Waals surface area contributed by atoms with Gasteiger partial charge in [0.1, 0.15) is 24.4 Å². The number of ether oxygens (including phenoxy) is 4. The fourth-order valence-electron chi connectivity index (χ4n) is 2.74. The molecule has 0 amide bonds. The van der Waals surface area contributed by atoms with Gasteiger partial charge in [0.25, 0.3) is 0 Å². The second-order valence-electron chi connectivity index (χ2n) is 4.81. The van der Waals surface area contributed by atoms with E-state index in [4.69, 9.17) is 18.9 Å². The van der Waals surface area contributed by atoms with Gasteiger partial charge in [0.05, 0.1) is 6.61 Å². The monoisotopic (exact) mass is 250 g/mol. The molecule has 5 heteroatoms. The van der Waals surface area contributed by atoms with E-state index in [0.29, 0.717) is 6.61 Å². The lowest BCUT2D eigenvalue weighted by atomic mass is 10.0. The Hall–Kier alpha value is -0.980. The van der Waals surface area contributed by atoms with Gasteiger partial charge < -0.3 is 24.1 Å². The fourth-order valence-corrected chi connectivity index (χ4v) is 2.74.